The maximum Gasteiger partial charge on any atom is 0.338 e. The number of Topliss-reactive ketones (excluding diaryl/α,β-unsaturated/α-hetero) is 1. The fourth-order valence-corrected chi connectivity index (χ4v) is 2.80. The topological polar surface area (TPSA) is 80.8 Å². The van der Waals surface area contributed by atoms with E-state index >= 15 is 0 Å². The lowest BCUT2D eigenvalue weighted by Crippen LogP contribution is -2.24. The number of esters is 1. The molecule has 0 fully saturated rings. The molecule has 0 spiro atoms. The average Bonchev–Trinajstić information content (AvgIpc) is 2.60. The van der Waals surface area contributed by atoms with Gasteiger partial charge in [0.2, 0.25) is 10.0 Å². The predicted molar refractivity (Wildman–Crippen MR) is 100 cm³/mol. The number of ketones is 1. The Balaban J connectivity index is 2.04. The lowest BCUT2D eigenvalue weighted by molar-refractivity contribution is 0.0474. The molecule has 7 heteroatoms. The first-order chi connectivity index (χ1) is 12.1. The predicted octanol–water partition coefficient (Wildman–Crippen LogP) is 2.74. The minimum atomic E-state index is -3.37. The molecular weight excluding hydrogens is 354 g/mol. The van der Waals surface area contributed by atoms with Crippen molar-refractivity contribution in [3.8, 4) is 0 Å². The molecule has 0 aromatic heterocycles. The van der Waals surface area contributed by atoms with Crippen molar-refractivity contribution in [3.05, 3.63) is 64.7 Å². The largest absolute Gasteiger partial charge is 0.454 e. The van der Waals surface area contributed by atoms with Crippen molar-refractivity contribution in [2.45, 2.75) is 13.8 Å². The normalized spacial score (nSPS) is 11.1. The van der Waals surface area contributed by atoms with Gasteiger partial charge in [-0.05, 0) is 49.7 Å². The molecule has 0 saturated heterocycles. The number of carbonyl (C=O) groups excluding carboxylic acids is 2. The number of nitrogens with zero attached hydrogens (tertiary/aromatic N) is 1. The van der Waals surface area contributed by atoms with Crippen LogP contribution < -0.4 is 4.31 Å². The van der Waals surface area contributed by atoms with Crippen LogP contribution in [0.2, 0.25) is 0 Å². The molecule has 0 saturated carbocycles. The zero-order valence-corrected chi connectivity index (χ0v) is 16.0. The van der Waals surface area contributed by atoms with Crippen LogP contribution in [0.1, 0.15) is 31.8 Å². The number of carbonyl (C=O) groups is 2. The summed E-state index contributed by atoms with van der Waals surface area (Å²) in [5, 5.41) is 0. The van der Waals surface area contributed by atoms with Gasteiger partial charge in [-0.15, -0.1) is 0 Å². The molecule has 2 rings (SSSR count). The molecule has 2 aromatic carbocycles. The third-order valence-corrected chi connectivity index (χ3v) is 5.20. The Morgan fingerprint density at radius 2 is 1.65 bits per heavy atom. The van der Waals surface area contributed by atoms with Crippen LogP contribution in [0.25, 0.3) is 0 Å². The molecule has 2 aromatic rings. The van der Waals surface area contributed by atoms with Crippen LogP contribution in [0, 0.1) is 13.8 Å². The van der Waals surface area contributed by atoms with E-state index in [0.29, 0.717) is 16.8 Å². The van der Waals surface area contributed by atoms with Crippen LogP contribution in [0.15, 0.2) is 42.5 Å². The summed E-state index contributed by atoms with van der Waals surface area (Å²) in [6.45, 7) is 3.29. The van der Waals surface area contributed by atoms with Crippen LogP contribution in [-0.4, -0.2) is 40.1 Å². The number of rotatable bonds is 6. The quantitative estimate of drug-likeness (QED) is 0.573. The SMILES string of the molecule is Cc1ccc(C)c(C(=O)OCC(=O)c2ccc(N(C)S(C)(=O)=O)cc2)c1. The van der Waals surface area contributed by atoms with Gasteiger partial charge in [0.25, 0.3) is 0 Å². The molecule has 138 valence electrons. The van der Waals surface area contributed by atoms with Gasteiger partial charge in [0.1, 0.15) is 0 Å². The van der Waals surface area contributed by atoms with Gasteiger partial charge in [0.05, 0.1) is 17.5 Å². The second-order valence-corrected chi connectivity index (χ2v) is 8.11. The van der Waals surface area contributed by atoms with Crippen LogP contribution in [0.5, 0.6) is 0 Å². The van der Waals surface area contributed by atoms with E-state index in [1.165, 1.54) is 31.3 Å². The molecule has 26 heavy (non-hydrogen) atoms. The number of hydrogen-bond donors (Lipinski definition) is 0. The first kappa shape index (κ1) is 19.7. The van der Waals surface area contributed by atoms with Crippen molar-refractivity contribution in [1.29, 1.82) is 0 Å². The van der Waals surface area contributed by atoms with E-state index in [-0.39, 0.29) is 12.4 Å². The van der Waals surface area contributed by atoms with Gasteiger partial charge in [0.15, 0.2) is 12.4 Å². The summed E-state index contributed by atoms with van der Waals surface area (Å²) in [5.41, 5.74) is 2.92. The zero-order valence-electron chi connectivity index (χ0n) is 15.1. The molecular formula is C19H21NO5S. The van der Waals surface area contributed by atoms with Gasteiger partial charge < -0.3 is 4.74 Å². The highest BCUT2D eigenvalue weighted by atomic mass is 32.2. The van der Waals surface area contributed by atoms with Crippen molar-refractivity contribution in [2.24, 2.45) is 0 Å². The molecule has 0 amide bonds. The number of hydrogen-bond acceptors (Lipinski definition) is 5. The minimum Gasteiger partial charge on any atom is -0.454 e. The van der Waals surface area contributed by atoms with Gasteiger partial charge in [-0.2, -0.15) is 0 Å². The molecule has 0 N–H and O–H groups in total. The molecule has 0 unspecified atom stereocenters. The summed E-state index contributed by atoms with van der Waals surface area (Å²) in [6, 6.07) is 11.5. The highest BCUT2D eigenvalue weighted by Gasteiger charge is 2.15. The molecule has 0 aliphatic rings. The molecule has 0 aliphatic heterocycles. The molecule has 6 nitrogen and oxygen atoms in total. The number of benzene rings is 2. The highest BCUT2D eigenvalue weighted by molar-refractivity contribution is 7.92. The fraction of sp³-hybridized carbons (Fsp3) is 0.263. The summed E-state index contributed by atoms with van der Waals surface area (Å²) >= 11 is 0. The molecule has 0 heterocycles. The van der Waals surface area contributed by atoms with Gasteiger partial charge in [-0.3, -0.25) is 9.10 Å². The smallest absolute Gasteiger partial charge is 0.338 e. The number of ether oxygens (including phenoxy) is 1. The number of anilines is 1. The lowest BCUT2D eigenvalue weighted by atomic mass is 10.1. The summed E-state index contributed by atoms with van der Waals surface area (Å²) in [4.78, 5) is 24.4. The first-order valence-electron chi connectivity index (χ1n) is 7.91. The van der Waals surface area contributed by atoms with E-state index in [9.17, 15) is 18.0 Å². The van der Waals surface area contributed by atoms with E-state index in [4.69, 9.17) is 4.74 Å². The van der Waals surface area contributed by atoms with E-state index < -0.39 is 16.0 Å². The Morgan fingerprint density at radius 3 is 2.23 bits per heavy atom. The minimum absolute atomic E-state index is 0.337. The van der Waals surface area contributed by atoms with Gasteiger partial charge in [-0.1, -0.05) is 17.7 Å². The Bertz CT molecular complexity index is 933. The van der Waals surface area contributed by atoms with Crippen LogP contribution in [0.4, 0.5) is 5.69 Å². The second-order valence-electron chi connectivity index (χ2n) is 6.10. The Hall–Kier alpha value is -2.67. The van der Waals surface area contributed by atoms with Crippen LogP contribution in [-0.2, 0) is 14.8 Å². The summed E-state index contributed by atoms with van der Waals surface area (Å²) in [6.07, 6.45) is 1.10. The lowest BCUT2D eigenvalue weighted by Gasteiger charge is -2.16. The molecule has 0 atom stereocenters. The Kier molecular flexibility index (Phi) is 5.82. The van der Waals surface area contributed by atoms with Gasteiger partial charge in [-0.25, -0.2) is 13.2 Å². The molecule has 0 bridgehead atoms. The summed E-state index contributed by atoms with van der Waals surface area (Å²) < 4.78 is 29.3. The third kappa shape index (κ3) is 4.70. The van der Waals surface area contributed by atoms with Crippen molar-refractivity contribution >= 4 is 27.5 Å². The van der Waals surface area contributed by atoms with Gasteiger partial charge >= 0.3 is 5.97 Å². The van der Waals surface area contributed by atoms with E-state index in [1.807, 2.05) is 19.1 Å². The summed E-state index contributed by atoms with van der Waals surface area (Å²) in [7, 11) is -1.94. The Morgan fingerprint density at radius 1 is 1.04 bits per heavy atom. The van der Waals surface area contributed by atoms with Crippen molar-refractivity contribution < 1.29 is 22.7 Å². The summed E-state index contributed by atoms with van der Waals surface area (Å²) in [5.74, 6) is -0.912. The van der Waals surface area contributed by atoms with Crippen molar-refractivity contribution in [3.63, 3.8) is 0 Å². The van der Waals surface area contributed by atoms with Crippen molar-refractivity contribution in [2.75, 3.05) is 24.2 Å². The second kappa shape index (κ2) is 7.70. The average molecular weight is 375 g/mol. The molecule has 0 aliphatic carbocycles. The van der Waals surface area contributed by atoms with Crippen LogP contribution >= 0.6 is 0 Å². The third-order valence-electron chi connectivity index (χ3n) is 4.00. The first-order valence-corrected chi connectivity index (χ1v) is 9.76. The van der Waals surface area contributed by atoms with E-state index in [1.54, 1.807) is 13.0 Å². The highest BCUT2D eigenvalue weighted by Crippen LogP contribution is 2.17. The fourth-order valence-electron chi connectivity index (χ4n) is 2.30. The zero-order chi connectivity index (χ0) is 19.5. The Labute approximate surface area is 153 Å². The van der Waals surface area contributed by atoms with Crippen LogP contribution in [0.3, 0.4) is 0 Å². The van der Waals surface area contributed by atoms with Gasteiger partial charge in [0, 0.05) is 12.6 Å². The number of aryl methyl sites for hydroxylation is 2. The standard InChI is InChI=1S/C19H21NO5S/c1-13-5-6-14(2)17(11-13)19(22)25-12-18(21)15-7-9-16(10-8-15)20(3)26(4,23)24/h5-11H,12H2,1-4H3. The van der Waals surface area contributed by atoms with E-state index in [2.05, 4.69) is 0 Å². The van der Waals surface area contributed by atoms with Crippen molar-refractivity contribution in [1.82, 2.24) is 0 Å². The monoisotopic (exact) mass is 375 g/mol. The molecule has 0 radical (unpaired) electrons. The van der Waals surface area contributed by atoms with E-state index in [0.717, 1.165) is 21.7 Å². The number of sulfonamides is 1. The maximum atomic E-state index is 12.2. The maximum absolute atomic E-state index is 12.2.